The number of ether oxygens (including phenoxy) is 6. The number of benzene rings is 6. The number of fused-ring (bicyclic) bond motifs is 9. The van der Waals surface area contributed by atoms with Crippen molar-refractivity contribution in [1.82, 2.24) is 21.3 Å². The summed E-state index contributed by atoms with van der Waals surface area (Å²) in [6.07, 6.45) is 1.37. The van der Waals surface area contributed by atoms with Gasteiger partial charge in [0.15, 0.2) is 0 Å². The minimum atomic E-state index is -1.14. The number of nitrogens with one attached hydrogen (secondary N) is 4. The molecule has 2 atom stereocenters. The van der Waals surface area contributed by atoms with Gasteiger partial charge in [-0.1, -0.05) is 158 Å². The number of amides is 4. The number of rotatable bonds is 24. The first-order valence-corrected chi connectivity index (χ1v) is 37.8. The van der Waals surface area contributed by atoms with Crippen LogP contribution in [-0.4, -0.2) is 145 Å². The van der Waals surface area contributed by atoms with E-state index in [1.165, 1.54) is 39.5 Å². The zero-order valence-electron chi connectivity index (χ0n) is 55.6. The standard InChI is InChI=1S/C26H32N2O6.C25H28N2O6.C16H14O3.C6H12O3.I2.HI/c1-26(2,3)34-25(32)28-22(23(29)30)14-8-9-15-27-24(31)33-16-21-19-12-6-4-10-17(19)18-11-5-7-13-20(18)21;1-2-15-32-24(30)26-14-8-7-13-22(23(28)29)27-25(31)33-16-21-19-11-5-3-9-17(19)18-10-4-6-12-20(18)21;17-9-16(18)19-10-15-13-7-3-1-5-11(13)12-6-2-4-8-14(12)15;1-6(2,3)9-5(8)4-7;1-2;/h4-7,10-13,21-22H,8-9,14-16H2,1-3H3,(H,27,31)(H,28,32)(H,29,30);2-6,9-12,21-22H,1,7-8,13-16H2,(H,26,30)(H,27,31)(H,28,29);1-8,15,17H,9-10H2;7H,4H2,1-3H3;;1H. The lowest BCUT2D eigenvalue weighted by atomic mass is 9.98. The van der Waals surface area contributed by atoms with E-state index in [-0.39, 0.29) is 81.0 Å². The molecule has 98 heavy (non-hydrogen) atoms. The van der Waals surface area contributed by atoms with Crippen LogP contribution >= 0.6 is 61.2 Å². The molecule has 6 aromatic rings. The predicted octanol–water partition coefficient (Wildman–Crippen LogP) is 13.8. The monoisotopic (exact) mass is 1690 g/mol. The number of esters is 2. The van der Waals surface area contributed by atoms with Crippen molar-refractivity contribution in [2.24, 2.45) is 0 Å². The number of carboxylic acids is 2. The number of carbonyl (C=O) groups excluding carboxylic acids is 6. The highest BCUT2D eigenvalue weighted by Gasteiger charge is 2.33. The summed E-state index contributed by atoms with van der Waals surface area (Å²) < 4.78 is 30.6. The Kier molecular flexibility index (Phi) is 35.5. The topological polar surface area (TPSA) is 321 Å². The van der Waals surface area contributed by atoms with Gasteiger partial charge in [-0.25, -0.2) is 38.4 Å². The van der Waals surface area contributed by atoms with Gasteiger partial charge in [0.1, 0.15) is 62.9 Å². The largest absolute Gasteiger partial charge is 0.480 e. The number of halogens is 3. The van der Waals surface area contributed by atoms with E-state index in [9.17, 15) is 48.6 Å². The van der Waals surface area contributed by atoms with Crippen molar-refractivity contribution in [2.45, 2.75) is 121 Å². The number of hydrogen-bond donors (Lipinski definition) is 8. The van der Waals surface area contributed by atoms with Crippen molar-refractivity contribution < 1.29 is 87.2 Å². The van der Waals surface area contributed by atoms with Crippen LogP contribution in [0.2, 0.25) is 0 Å². The number of aliphatic hydroxyl groups excluding tert-OH is 2. The average molecular weight is 1690 g/mol. The fourth-order valence-corrected chi connectivity index (χ4v) is 10.9. The van der Waals surface area contributed by atoms with Gasteiger partial charge in [-0.3, -0.25) is 0 Å². The number of aliphatic carboxylic acids is 2. The number of aliphatic hydroxyl groups is 2. The fraction of sp³-hybridized carbons (Fsp3) is 0.370. The highest BCUT2D eigenvalue weighted by atomic mass is 128. The summed E-state index contributed by atoms with van der Waals surface area (Å²) in [6.45, 7) is 14.1. The van der Waals surface area contributed by atoms with Gasteiger partial charge in [-0.15, -0.1) is 24.0 Å². The average Bonchev–Trinajstić information content (AvgIpc) is 1.64. The van der Waals surface area contributed by atoms with E-state index in [1.807, 2.05) is 97.1 Å². The Labute approximate surface area is 612 Å². The lowest BCUT2D eigenvalue weighted by Crippen LogP contribution is -2.43. The Balaban J connectivity index is 0.000000296. The molecule has 528 valence electrons. The molecule has 0 radical (unpaired) electrons. The van der Waals surface area contributed by atoms with Crippen LogP contribution in [0.1, 0.15) is 131 Å². The summed E-state index contributed by atoms with van der Waals surface area (Å²) in [6, 6.07) is 46.4. The smallest absolute Gasteiger partial charge is 0.408 e. The molecule has 9 rings (SSSR count). The Morgan fingerprint density at radius 2 is 0.735 bits per heavy atom. The molecule has 6 aromatic carbocycles. The number of carboxylic acid groups (broad SMARTS) is 2. The molecule has 0 aliphatic heterocycles. The summed E-state index contributed by atoms with van der Waals surface area (Å²) in [5.41, 5.74) is 12.6. The highest BCUT2D eigenvalue weighted by molar-refractivity contribution is 15.0. The Morgan fingerprint density at radius 3 is 1.03 bits per heavy atom. The first kappa shape index (κ1) is 82.6. The number of hydrogen-bond acceptors (Lipinski definition) is 16. The van der Waals surface area contributed by atoms with E-state index in [4.69, 9.17) is 38.6 Å². The third-order valence-corrected chi connectivity index (χ3v) is 15.0. The zero-order chi connectivity index (χ0) is 71.1. The Bertz CT molecular complexity index is 3480. The molecule has 0 saturated carbocycles. The van der Waals surface area contributed by atoms with E-state index in [0.29, 0.717) is 38.8 Å². The second kappa shape index (κ2) is 42.2. The van der Waals surface area contributed by atoms with Gasteiger partial charge in [0.25, 0.3) is 0 Å². The van der Waals surface area contributed by atoms with E-state index in [0.717, 1.165) is 33.4 Å². The second-order valence-electron chi connectivity index (χ2n) is 24.3. The number of carbonyl (C=O) groups is 8. The van der Waals surface area contributed by atoms with Crippen molar-refractivity contribution in [3.63, 3.8) is 0 Å². The van der Waals surface area contributed by atoms with Crippen LogP contribution in [0, 0.1) is 0 Å². The lowest BCUT2D eigenvalue weighted by Gasteiger charge is -2.22. The molecule has 0 heterocycles. The molecule has 2 unspecified atom stereocenters. The first-order chi connectivity index (χ1) is 46.4. The van der Waals surface area contributed by atoms with Crippen LogP contribution in [0.25, 0.3) is 33.4 Å². The maximum Gasteiger partial charge on any atom is 0.408 e. The summed E-state index contributed by atoms with van der Waals surface area (Å²) >= 11 is 4.24. The van der Waals surface area contributed by atoms with Gasteiger partial charge < -0.3 is 70.1 Å². The van der Waals surface area contributed by atoms with Crippen molar-refractivity contribution in [2.75, 3.05) is 52.7 Å². The third-order valence-electron chi connectivity index (χ3n) is 15.0. The van der Waals surface area contributed by atoms with Crippen molar-refractivity contribution in [3.8, 4) is 33.4 Å². The van der Waals surface area contributed by atoms with Crippen molar-refractivity contribution >= 4 is 109 Å². The predicted molar refractivity (Wildman–Crippen MR) is 399 cm³/mol. The third kappa shape index (κ3) is 26.4. The molecular weight excluding hydrogens is 1600 g/mol. The van der Waals surface area contributed by atoms with Gasteiger partial charge >= 0.3 is 48.3 Å². The summed E-state index contributed by atoms with van der Waals surface area (Å²) in [7, 11) is 0. The van der Waals surface area contributed by atoms with Crippen molar-refractivity contribution in [3.05, 3.63) is 192 Å². The molecule has 3 aliphatic carbocycles. The molecule has 22 nitrogen and oxygen atoms in total. The van der Waals surface area contributed by atoms with Gasteiger partial charge in [0.05, 0.1) is 0 Å². The first-order valence-electron chi connectivity index (χ1n) is 31.5. The molecule has 4 amide bonds. The quantitative estimate of drug-likeness (QED) is 0.00917. The maximum atomic E-state index is 12.3. The molecule has 0 fully saturated rings. The SMILES string of the molecule is C=CCOC(=O)NCCCCC(NC(=O)OCC1c2ccccc2-c2ccccc21)C(=O)O.CC(C)(C)OC(=O)CO.CC(C)(C)OC(=O)NC(CCCCNC(=O)OCC1c2ccccc2-c2ccccc21)C(=O)O.I.II.O=C(CO)OCC1c2ccccc2-c2ccccc21. The van der Waals surface area contributed by atoms with Crippen LogP contribution in [0.3, 0.4) is 0 Å². The molecule has 3 aliphatic rings. The molecule has 0 spiro atoms. The van der Waals surface area contributed by atoms with E-state index in [1.54, 1.807) is 41.5 Å². The normalized spacial score (nSPS) is 12.5. The molecular formula is C73H87I3N4O18. The van der Waals surface area contributed by atoms with Crippen LogP contribution in [0.5, 0.6) is 0 Å². The second-order valence-corrected chi connectivity index (χ2v) is 24.3. The Hall–Kier alpha value is -7.87. The fourth-order valence-electron chi connectivity index (χ4n) is 10.9. The zero-order valence-corrected chi connectivity index (χ0v) is 62.2. The van der Waals surface area contributed by atoms with Gasteiger partial charge in [0.2, 0.25) is 0 Å². The Morgan fingerprint density at radius 1 is 0.439 bits per heavy atom. The van der Waals surface area contributed by atoms with Gasteiger partial charge in [-0.05, 0) is 147 Å². The minimum absolute atomic E-state index is 0. The van der Waals surface area contributed by atoms with Crippen LogP contribution in [-0.2, 0) is 47.6 Å². The van der Waals surface area contributed by atoms with Crippen LogP contribution in [0.4, 0.5) is 19.2 Å². The van der Waals surface area contributed by atoms with Gasteiger partial charge in [-0.2, -0.15) is 0 Å². The van der Waals surface area contributed by atoms with Crippen LogP contribution < -0.4 is 21.3 Å². The number of unbranched alkanes of at least 4 members (excludes halogenated alkanes) is 2. The summed E-state index contributed by atoms with van der Waals surface area (Å²) in [4.78, 5) is 92.1. The van der Waals surface area contributed by atoms with E-state index >= 15 is 0 Å². The lowest BCUT2D eigenvalue weighted by molar-refractivity contribution is -0.158. The van der Waals surface area contributed by atoms with Gasteiger partial charge in [0, 0.05) is 68.1 Å². The molecule has 0 bridgehead atoms. The molecule has 0 aromatic heterocycles. The molecule has 0 saturated heterocycles. The van der Waals surface area contributed by atoms with Crippen molar-refractivity contribution in [1.29, 1.82) is 0 Å². The van der Waals surface area contributed by atoms with Crippen LogP contribution in [0.15, 0.2) is 158 Å². The number of alkyl carbamates (subject to hydrolysis) is 4. The summed E-state index contributed by atoms with van der Waals surface area (Å²) in [5.74, 6) is -3.48. The molecule has 25 heteroatoms. The summed E-state index contributed by atoms with van der Waals surface area (Å²) in [5, 5.41) is 45.8. The minimum Gasteiger partial charge on any atom is -0.480 e. The highest BCUT2D eigenvalue weighted by Crippen LogP contribution is 2.47. The van der Waals surface area contributed by atoms with E-state index < -0.39 is 84.7 Å². The van der Waals surface area contributed by atoms with E-state index in [2.05, 4.69) is 114 Å². The maximum absolute atomic E-state index is 12.3. The molecule has 8 N–H and O–H groups in total.